The predicted molar refractivity (Wildman–Crippen MR) is 112 cm³/mol. The summed E-state index contributed by atoms with van der Waals surface area (Å²) in [6.07, 6.45) is 3.51. The fourth-order valence-electron chi connectivity index (χ4n) is 3.17. The Balaban J connectivity index is 0.00000338. The summed E-state index contributed by atoms with van der Waals surface area (Å²) in [6, 6.07) is 3.99. The molecule has 4 nitrogen and oxygen atoms in total. The van der Waals surface area contributed by atoms with Crippen molar-refractivity contribution < 1.29 is 13.9 Å². The molecule has 0 aromatic heterocycles. The summed E-state index contributed by atoms with van der Waals surface area (Å²) in [6.45, 7) is 5.62. The number of nitrogens with zero attached hydrogens (tertiary/aromatic N) is 1. The van der Waals surface area contributed by atoms with Gasteiger partial charge in [0.1, 0.15) is 11.6 Å². The van der Waals surface area contributed by atoms with Gasteiger partial charge in [-0.1, -0.05) is 19.4 Å². The zero-order chi connectivity index (χ0) is 18.2. The normalized spacial score (nSPS) is 20.3. The van der Waals surface area contributed by atoms with Crippen LogP contribution in [-0.4, -0.2) is 36.8 Å². The molecular weight excluding hydrogens is 451 g/mol. The second-order valence-electron chi connectivity index (χ2n) is 6.61. The van der Waals surface area contributed by atoms with Crippen molar-refractivity contribution in [3.63, 3.8) is 0 Å². The van der Waals surface area contributed by atoms with E-state index in [9.17, 15) is 8.78 Å². The number of aliphatic imine (C=N–C) groups is 1. The Bertz CT molecular complexity index is 560. The van der Waals surface area contributed by atoms with Crippen LogP contribution in [0.25, 0.3) is 0 Å². The van der Waals surface area contributed by atoms with Crippen molar-refractivity contribution >= 4 is 29.9 Å². The molecule has 0 heterocycles. The summed E-state index contributed by atoms with van der Waals surface area (Å²) in [5.74, 6) is -0.103. The van der Waals surface area contributed by atoms with Crippen molar-refractivity contribution in [1.82, 2.24) is 10.6 Å². The lowest BCUT2D eigenvalue weighted by atomic mass is 10.0. The number of benzene rings is 1. The van der Waals surface area contributed by atoms with Crippen molar-refractivity contribution in [2.24, 2.45) is 10.9 Å². The van der Waals surface area contributed by atoms with Gasteiger partial charge in [-0.05, 0) is 44.2 Å². The molecule has 1 fully saturated rings. The standard InChI is InChI=1S/C19H29F2N3O.HI/c1-3-6-13(9-10-25)12-23-19(22-4-2)24-17-11-14(17)18-15(20)7-5-8-16(18)21;/h5,7-8,13-14,17,25H,3-4,6,9-12H2,1-2H3,(H2,22,23,24);1H. The first-order valence-electron chi connectivity index (χ1n) is 9.20. The van der Waals surface area contributed by atoms with Gasteiger partial charge >= 0.3 is 0 Å². The van der Waals surface area contributed by atoms with Crippen molar-refractivity contribution in [3.8, 4) is 0 Å². The van der Waals surface area contributed by atoms with E-state index in [1.807, 2.05) is 6.92 Å². The van der Waals surface area contributed by atoms with Gasteiger partial charge in [-0.15, -0.1) is 24.0 Å². The molecular formula is C19H30F2IN3O. The number of guanidine groups is 1. The van der Waals surface area contributed by atoms with E-state index < -0.39 is 11.6 Å². The minimum Gasteiger partial charge on any atom is -0.396 e. The van der Waals surface area contributed by atoms with Gasteiger partial charge in [-0.25, -0.2) is 8.78 Å². The molecule has 0 radical (unpaired) electrons. The second-order valence-corrected chi connectivity index (χ2v) is 6.61. The van der Waals surface area contributed by atoms with Gasteiger partial charge in [0, 0.05) is 37.2 Å². The van der Waals surface area contributed by atoms with Crippen LogP contribution in [0.1, 0.15) is 51.0 Å². The molecule has 0 bridgehead atoms. The van der Waals surface area contributed by atoms with Crippen molar-refractivity contribution in [2.75, 3.05) is 19.7 Å². The lowest BCUT2D eigenvalue weighted by Gasteiger charge is -2.15. The average Bonchev–Trinajstić information content (AvgIpc) is 3.31. The van der Waals surface area contributed by atoms with Gasteiger partial charge in [-0.2, -0.15) is 0 Å². The molecule has 1 aromatic rings. The Hall–Kier alpha value is -0.960. The molecule has 1 aromatic carbocycles. The summed E-state index contributed by atoms with van der Waals surface area (Å²) in [7, 11) is 0. The Kier molecular flexibility index (Phi) is 10.4. The van der Waals surface area contributed by atoms with E-state index in [-0.39, 0.29) is 48.1 Å². The van der Waals surface area contributed by atoms with Crippen molar-refractivity contribution in [1.29, 1.82) is 0 Å². The molecule has 1 aliphatic rings. The molecule has 3 unspecified atom stereocenters. The molecule has 0 spiro atoms. The van der Waals surface area contributed by atoms with Gasteiger partial charge in [0.25, 0.3) is 0 Å². The third kappa shape index (κ3) is 6.64. The summed E-state index contributed by atoms with van der Waals surface area (Å²) in [4.78, 5) is 4.60. The first-order valence-corrected chi connectivity index (χ1v) is 9.20. The van der Waals surface area contributed by atoms with E-state index in [4.69, 9.17) is 5.11 Å². The number of aliphatic hydroxyl groups excluding tert-OH is 1. The Morgan fingerprint density at radius 3 is 2.54 bits per heavy atom. The molecule has 3 N–H and O–H groups in total. The van der Waals surface area contributed by atoms with Crippen LogP contribution < -0.4 is 10.6 Å². The van der Waals surface area contributed by atoms with Crippen LogP contribution in [-0.2, 0) is 0 Å². The lowest BCUT2D eigenvalue weighted by Crippen LogP contribution is -2.39. The fourth-order valence-corrected chi connectivity index (χ4v) is 3.17. The van der Waals surface area contributed by atoms with Crippen LogP contribution in [0.4, 0.5) is 8.78 Å². The number of rotatable bonds is 9. The summed E-state index contributed by atoms with van der Waals surface area (Å²) in [5.41, 5.74) is 0.167. The van der Waals surface area contributed by atoms with Crippen LogP contribution in [0.2, 0.25) is 0 Å². The minimum absolute atomic E-state index is 0. The molecule has 0 saturated heterocycles. The SMILES string of the molecule is CCCC(CCO)CN=C(NCC)NC1CC1c1c(F)cccc1F.I. The quantitative estimate of drug-likeness (QED) is 0.286. The van der Waals surface area contributed by atoms with Crippen LogP contribution in [0.5, 0.6) is 0 Å². The van der Waals surface area contributed by atoms with Gasteiger partial charge < -0.3 is 15.7 Å². The lowest BCUT2D eigenvalue weighted by molar-refractivity contribution is 0.253. The highest BCUT2D eigenvalue weighted by Gasteiger charge is 2.42. The largest absolute Gasteiger partial charge is 0.396 e. The molecule has 2 rings (SSSR count). The third-order valence-corrected chi connectivity index (χ3v) is 4.57. The maximum Gasteiger partial charge on any atom is 0.191 e. The molecule has 0 aliphatic heterocycles. The smallest absolute Gasteiger partial charge is 0.191 e. The van der Waals surface area contributed by atoms with E-state index >= 15 is 0 Å². The number of hydrogen-bond acceptors (Lipinski definition) is 2. The van der Waals surface area contributed by atoms with Crippen LogP contribution in [0.3, 0.4) is 0 Å². The zero-order valence-corrected chi connectivity index (χ0v) is 17.8. The van der Waals surface area contributed by atoms with Gasteiger partial charge in [0.15, 0.2) is 5.96 Å². The van der Waals surface area contributed by atoms with Crippen LogP contribution in [0, 0.1) is 17.6 Å². The third-order valence-electron chi connectivity index (χ3n) is 4.57. The molecule has 3 atom stereocenters. The Labute approximate surface area is 171 Å². The van der Waals surface area contributed by atoms with E-state index in [2.05, 4.69) is 22.5 Å². The van der Waals surface area contributed by atoms with Crippen molar-refractivity contribution in [2.45, 2.75) is 51.5 Å². The summed E-state index contributed by atoms with van der Waals surface area (Å²) >= 11 is 0. The summed E-state index contributed by atoms with van der Waals surface area (Å²) < 4.78 is 27.8. The van der Waals surface area contributed by atoms with Gasteiger partial charge in [-0.3, -0.25) is 4.99 Å². The van der Waals surface area contributed by atoms with Gasteiger partial charge in [0.05, 0.1) is 0 Å². The number of hydrogen-bond donors (Lipinski definition) is 3. The molecule has 148 valence electrons. The first-order chi connectivity index (χ1) is 12.1. The Morgan fingerprint density at radius 2 is 1.96 bits per heavy atom. The monoisotopic (exact) mass is 481 g/mol. The van der Waals surface area contributed by atoms with E-state index in [0.717, 1.165) is 25.8 Å². The highest BCUT2D eigenvalue weighted by atomic mass is 127. The fraction of sp³-hybridized carbons (Fsp3) is 0.632. The highest BCUT2D eigenvalue weighted by Crippen LogP contribution is 2.43. The number of halogens is 3. The predicted octanol–water partition coefficient (Wildman–Crippen LogP) is 3.79. The van der Waals surface area contributed by atoms with E-state index in [0.29, 0.717) is 24.8 Å². The van der Waals surface area contributed by atoms with Crippen LogP contribution in [0.15, 0.2) is 23.2 Å². The molecule has 1 aliphatic carbocycles. The van der Waals surface area contributed by atoms with Crippen LogP contribution >= 0.6 is 24.0 Å². The topological polar surface area (TPSA) is 56.7 Å². The summed E-state index contributed by atoms with van der Waals surface area (Å²) in [5, 5.41) is 15.6. The maximum atomic E-state index is 13.9. The zero-order valence-electron chi connectivity index (χ0n) is 15.5. The number of aliphatic hydroxyl groups is 1. The first kappa shape index (κ1) is 23.1. The molecule has 1 saturated carbocycles. The highest BCUT2D eigenvalue weighted by molar-refractivity contribution is 14.0. The van der Waals surface area contributed by atoms with Crippen molar-refractivity contribution in [3.05, 3.63) is 35.4 Å². The molecule has 26 heavy (non-hydrogen) atoms. The molecule has 0 amide bonds. The Morgan fingerprint density at radius 1 is 1.27 bits per heavy atom. The minimum atomic E-state index is -0.484. The molecule has 7 heteroatoms. The average molecular weight is 481 g/mol. The second kappa shape index (κ2) is 11.7. The maximum absolute atomic E-state index is 13.9. The van der Waals surface area contributed by atoms with E-state index in [1.54, 1.807) is 0 Å². The number of nitrogens with one attached hydrogen (secondary N) is 2. The van der Waals surface area contributed by atoms with Gasteiger partial charge in [0.2, 0.25) is 0 Å². The van der Waals surface area contributed by atoms with E-state index in [1.165, 1.54) is 18.2 Å².